The number of aryl methyl sites for hydroxylation is 1. The molecular formula is C22H23Cl2N3O3S2. The summed E-state index contributed by atoms with van der Waals surface area (Å²) in [4.78, 5) is 17.8. The van der Waals surface area contributed by atoms with E-state index in [0.717, 1.165) is 35.9 Å². The van der Waals surface area contributed by atoms with Crippen molar-refractivity contribution in [3.05, 3.63) is 56.8 Å². The lowest BCUT2D eigenvalue weighted by molar-refractivity contribution is 0.0997. The molecule has 0 atom stereocenters. The van der Waals surface area contributed by atoms with Crippen LogP contribution in [0, 0.1) is 0 Å². The quantitative estimate of drug-likeness (QED) is 0.474. The SMILES string of the molecule is CCn1c(=NC(=O)c2ccc(S(=O)(=O)N3CCCCCC3)cc2)sc2c(Cl)ccc(Cl)c21. The highest BCUT2D eigenvalue weighted by molar-refractivity contribution is 7.89. The van der Waals surface area contributed by atoms with Gasteiger partial charge in [0.05, 0.1) is 25.2 Å². The minimum Gasteiger partial charge on any atom is -0.315 e. The Labute approximate surface area is 201 Å². The molecule has 2 heterocycles. The number of nitrogens with zero attached hydrogens (tertiary/aromatic N) is 3. The van der Waals surface area contributed by atoms with E-state index >= 15 is 0 Å². The number of aromatic nitrogens is 1. The van der Waals surface area contributed by atoms with Crippen LogP contribution in [0.4, 0.5) is 0 Å². The van der Waals surface area contributed by atoms with Crippen LogP contribution in [0.3, 0.4) is 0 Å². The summed E-state index contributed by atoms with van der Waals surface area (Å²) in [6.45, 7) is 3.58. The van der Waals surface area contributed by atoms with Crippen LogP contribution in [0.15, 0.2) is 46.3 Å². The molecule has 0 aliphatic carbocycles. The van der Waals surface area contributed by atoms with Crippen molar-refractivity contribution < 1.29 is 13.2 Å². The highest BCUT2D eigenvalue weighted by atomic mass is 35.5. The van der Waals surface area contributed by atoms with Gasteiger partial charge in [-0.25, -0.2) is 8.42 Å². The maximum absolute atomic E-state index is 12.9. The molecule has 0 spiro atoms. The van der Waals surface area contributed by atoms with Crippen LogP contribution >= 0.6 is 34.5 Å². The van der Waals surface area contributed by atoms with Crippen LogP contribution in [-0.4, -0.2) is 36.3 Å². The van der Waals surface area contributed by atoms with E-state index in [4.69, 9.17) is 23.2 Å². The van der Waals surface area contributed by atoms with Gasteiger partial charge in [0.25, 0.3) is 5.91 Å². The Morgan fingerprint density at radius 1 is 1.00 bits per heavy atom. The van der Waals surface area contributed by atoms with E-state index in [9.17, 15) is 13.2 Å². The summed E-state index contributed by atoms with van der Waals surface area (Å²) in [5, 5.41) is 1.09. The minimum absolute atomic E-state index is 0.194. The zero-order valence-corrected chi connectivity index (χ0v) is 20.7. The predicted octanol–water partition coefficient (Wildman–Crippen LogP) is 5.34. The second-order valence-electron chi connectivity index (χ2n) is 7.60. The Hall–Kier alpha value is -1.71. The second-order valence-corrected chi connectivity index (χ2v) is 11.3. The summed E-state index contributed by atoms with van der Waals surface area (Å²) in [7, 11) is -3.56. The van der Waals surface area contributed by atoms with Gasteiger partial charge in [-0.3, -0.25) is 4.79 Å². The average Bonchev–Trinajstić information content (AvgIpc) is 2.95. The number of hydrogen-bond acceptors (Lipinski definition) is 4. The molecule has 1 aromatic heterocycles. The fourth-order valence-corrected chi connectivity index (χ4v) is 7.07. The van der Waals surface area contributed by atoms with Gasteiger partial charge in [0.15, 0.2) is 4.80 Å². The van der Waals surface area contributed by atoms with Crippen molar-refractivity contribution in [2.45, 2.75) is 44.0 Å². The second kappa shape index (κ2) is 9.65. The van der Waals surface area contributed by atoms with Gasteiger partial charge in [-0.2, -0.15) is 9.30 Å². The molecule has 2 aromatic carbocycles. The van der Waals surface area contributed by atoms with E-state index in [1.807, 2.05) is 11.5 Å². The Balaban J connectivity index is 1.66. The molecule has 32 heavy (non-hydrogen) atoms. The van der Waals surface area contributed by atoms with Gasteiger partial charge in [-0.1, -0.05) is 47.4 Å². The number of sulfonamides is 1. The first-order chi connectivity index (χ1) is 15.3. The molecule has 170 valence electrons. The molecule has 1 amide bonds. The van der Waals surface area contributed by atoms with Crippen LogP contribution in [0.5, 0.6) is 0 Å². The maximum Gasteiger partial charge on any atom is 0.279 e. The number of carbonyl (C=O) groups is 1. The number of carbonyl (C=O) groups excluding carboxylic acids is 1. The van der Waals surface area contributed by atoms with Crippen LogP contribution in [-0.2, 0) is 16.6 Å². The first-order valence-corrected chi connectivity index (χ1v) is 13.5. The molecule has 1 fully saturated rings. The predicted molar refractivity (Wildman–Crippen MR) is 129 cm³/mol. The number of fused-ring (bicyclic) bond motifs is 1. The summed E-state index contributed by atoms with van der Waals surface area (Å²) in [5.41, 5.74) is 1.06. The number of rotatable bonds is 4. The zero-order valence-electron chi connectivity index (χ0n) is 17.6. The molecule has 0 unspecified atom stereocenters. The van der Waals surface area contributed by atoms with Crippen LogP contribution in [0.2, 0.25) is 10.0 Å². The molecular weight excluding hydrogens is 489 g/mol. The van der Waals surface area contributed by atoms with Gasteiger partial charge < -0.3 is 4.57 Å². The van der Waals surface area contributed by atoms with Crippen molar-refractivity contribution in [2.75, 3.05) is 13.1 Å². The number of thiazole rings is 1. The number of amides is 1. The maximum atomic E-state index is 12.9. The van der Waals surface area contributed by atoms with Crippen molar-refractivity contribution in [3.63, 3.8) is 0 Å². The Morgan fingerprint density at radius 2 is 1.62 bits per heavy atom. The number of benzene rings is 2. The van der Waals surface area contributed by atoms with Gasteiger partial charge in [-0.05, 0) is 56.2 Å². The lowest BCUT2D eigenvalue weighted by atomic mass is 10.2. The number of halogens is 2. The number of hydrogen-bond donors (Lipinski definition) is 0. The lowest BCUT2D eigenvalue weighted by Gasteiger charge is -2.19. The van der Waals surface area contributed by atoms with Crippen LogP contribution in [0.1, 0.15) is 43.0 Å². The third kappa shape index (κ3) is 4.52. The van der Waals surface area contributed by atoms with Crippen molar-refractivity contribution in [2.24, 2.45) is 4.99 Å². The Morgan fingerprint density at radius 3 is 2.25 bits per heavy atom. The first-order valence-electron chi connectivity index (χ1n) is 10.5. The molecule has 4 rings (SSSR count). The Bertz CT molecular complexity index is 1320. The molecule has 0 radical (unpaired) electrons. The first kappa shape index (κ1) is 23.4. The van der Waals surface area contributed by atoms with E-state index < -0.39 is 15.9 Å². The van der Waals surface area contributed by atoms with E-state index in [1.165, 1.54) is 39.9 Å². The Kier molecular flexibility index (Phi) is 7.07. The molecule has 0 saturated carbocycles. The summed E-state index contributed by atoms with van der Waals surface area (Å²) in [6.07, 6.45) is 3.84. The summed E-state index contributed by atoms with van der Waals surface area (Å²) in [6, 6.07) is 9.43. The molecule has 1 aliphatic heterocycles. The molecule has 10 heteroatoms. The summed E-state index contributed by atoms with van der Waals surface area (Å²) < 4.78 is 30.1. The topological polar surface area (TPSA) is 71.7 Å². The third-order valence-corrected chi connectivity index (χ3v) is 9.30. The van der Waals surface area contributed by atoms with Gasteiger partial charge in [0.2, 0.25) is 10.0 Å². The minimum atomic E-state index is -3.56. The van der Waals surface area contributed by atoms with Crippen molar-refractivity contribution in [1.29, 1.82) is 0 Å². The lowest BCUT2D eigenvalue weighted by Crippen LogP contribution is -2.31. The van der Waals surface area contributed by atoms with Crippen molar-refractivity contribution >= 4 is 60.7 Å². The fraction of sp³-hybridized carbons (Fsp3) is 0.364. The van der Waals surface area contributed by atoms with Crippen LogP contribution in [0.25, 0.3) is 10.2 Å². The molecule has 6 nitrogen and oxygen atoms in total. The van der Waals surface area contributed by atoms with Crippen LogP contribution < -0.4 is 4.80 Å². The van der Waals surface area contributed by atoms with Gasteiger partial charge in [0, 0.05) is 25.2 Å². The average molecular weight is 512 g/mol. The fourth-order valence-electron chi connectivity index (χ4n) is 3.84. The molecule has 1 aliphatic rings. The molecule has 0 bridgehead atoms. The summed E-state index contributed by atoms with van der Waals surface area (Å²) >= 11 is 14.0. The zero-order chi connectivity index (χ0) is 22.9. The van der Waals surface area contributed by atoms with Gasteiger partial charge in [0.1, 0.15) is 0 Å². The monoisotopic (exact) mass is 511 g/mol. The highest BCUT2D eigenvalue weighted by Gasteiger charge is 2.25. The van der Waals surface area contributed by atoms with Crippen molar-refractivity contribution in [1.82, 2.24) is 8.87 Å². The van der Waals surface area contributed by atoms with Gasteiger partial charge in [-0.15, -0.1) is 0 Å². The van der Waals surface area contributed by atoms with E-state index in [2.05, 4.69) is 4.99 Å². The summed E-state index contributed by atoms with van der Waals surface area (Å²) in [5.74, 6) is -0.454. The van der Waals surface area contributed by atoms with E-state index in [1.54, 1.807) is 12.1 Å². The van der Waals surface area contributed by atoms with E-state index in [-0.39, 0.29) is 4.90 Å². The van der Waals surface area contributed by atoms with Crippen molar-refractivity contribution in [3.8, 4) is 0 Å². The van der Waals surface area contributed by atoms with E-state index in [0.29, 0.717) is 40.0 Å². The highest BCUT2D eigenvalue weighted by Crippen LogP contribution is 2.32. The molecule has 1 saturated heterocycles. The smallest absolute Gasteiger partial charge is 0.279 e. The molecule has 0 N–H and O–H groups in total. The van der Waals surface area contributed by atoms with Gasteiger partial charge >= 0.3 is 0 Å². The standard InChI is InChI=1S/C22H23Cl2N3O3S2/c1-2-27-19-17(23)11-12-18(24)20(19)31-22(27)25-21(28)15-7-9-16(10-8-15)32(29,30)26-13-5-3-4-6-14-26/h7-12H,2-6,13-14H2,1H3. The normalized spacial score (nSPS) is 16.4. The third-order valence-electron chi connectivity index (χ3n) is 5.55. The molecule has 3 aromatic rings. The largest absolute Gasteiger partial charge is 0.315 e.